The molecule has 0 bridgehead atoms. The van der Waals surface area contributed by atoms with Gasteiger partial charge in [0.1, 0.15) is 28.7 Å². The number of nitrogens with zero attached hydrogens (tertiary/aromatic N) is 4. The molecule has 5 nitrogen and oxygen atoms in total. The maximum absolute atomic E-state index is 13.9. The molecule has 2 aromatic carbocycles. The van der Waals surface area contributed by atoms with Crippen molar-refractivity contribution in [2.75, 3.05) is 25.1 Å². The van der Waals surface area contributed by atoms with Gasteiger partial charge in [0.15, 0.2) is 5.82 Å². The standard InChI is InChI=1S/C25H22F2N4O/c1-32-22-13-18(17-10-19(26)14-20(27)11-17)12-21-23(22)29-24(16-6-5-7-28-15-16)30-25(21)31-8-3-2-4-9-31/h5-7,10-15H,2-4,8-9H2,1H3. The summed E-state index contributed by atoms with van der Waals surface area (Å²) in [5.74, 6) is 0.629. The lowest BCUT2D eigenvalue weighted by Gasteiger charge is -2.29. The summed E-state index contributed by atoms with van der Waals surface area (Å²) in [5.41, 5.74) is 2.54. The van der Waals surface area contributed by atoms with Crippen molar-refractivity contribution in [2.24, 2.45) is 0 Å². The van der Waals surface area contributed by atoms with Crippen molar-refractivity contribution in [1.82, 2.24) is 15.0 Å². The minimum absolute atomic E-state index is 0.434. The van der Waals surface area contributed by atoms with Crippen molar-refractivity contribution in [3.05, 3.63) is 66.5 Å². The number of piperidine rings is 1. The van der Waals surface area contributed by atoms with Crippen molar-refractivity contribution >= 4 is 16.7 Å². The summed E-state index contributed by atoms with van der Waals surface area (Å²) in [7, 11) is 1.57. The Labute approximate surface area is 184 Å². The van der Waals surface area contributed by atoms with Crippen LogP contribution in [0.25, 0.3) is 33.4 Å². The molecule has 0 atom stereocenters. The molecule has 1 aliphatic heterocycles. The quantitative estimate of drug-likeness (QED) is 0.418. The molecule has 0 saturated carbocycles. The molecule has 32 heavy (non-hydrogen) atoms. The minimum Gasteiger partial charge on any atom is -0.494 e. The van der Waals surface area contributed by atoms with E-state index in [9.17, 15) is 8.78 Å². The lowest BCUT2D eigenvalue weighted by atomic mass is 10.0. The van der Waals surface area contributed by atoms with Crippen LogP contribution in [-0.2, 0) is 0 Å². The Morgan fingerprint density at radius 1 is 0.875 bits per heavy atom. The van der Waals surface area contributed by atoms with Crippen LogP contribution in [0.15, 0.2) is 54.9 Å². The molecule has 0 N–H and O–H groups in total. The number of halogens is 2. The van der Waals surface area contributed by atoms with Crippen molar-refractivity contribution in [2.45, 2.75) is 19.3 Å². The van der Waals surface area contributed by atoms with E-state index in [4.69, 9.17) is 14.7 Å². The molecule has 1 aliphatic rings. The first kappa shape index (κ1) is 20.3. The Kier molecular flexibility index (Phi) is 5.39. The number of ether oxygens (including phenoxy) is 1. The molecule has 1 saturated heterocycles. The number of aromatic nitrogens is 3. The van der Waals surface area contributed by atoms with Crippen LogP contribution in [0.5, 0.6) is 5.75 Å². The van der Waals surface area contributed by atoms with Gasteiger partial charge in [0.25, 0.3) is 0 Å². The lowest BCUT2D eigenvalue weighted by Crippen LogP contribution is -2.30. The topological polar surface area (TPSA) is 51.1 Å². The average molecular weight is 432 g/mol. The first-order valence-electron chi connectivity index (χ1n) is 10.6. The Hall–Kier alpha value is -3.61. The summed E-state index contributed by atoms with van der Waals surface area (Å²) in [6.45, 7) is 1.78. The van der Waals surface area contributed by atoms with Crippen molar-refractivity contribution in [3.8, 4) is 28.3 Å². The Bertz CT molecular complexity index is 1250. The van der Waals surface area contributed by atoms with E-state index >= 15 is 0 Å². The number of anilines is 1. The van der Waals surface area contributed by atoms with Crippen molar-refractivity contribution in [1.29, 1.82) is 0 Å². The van der Waals surface area contributed by atoms with Gasteiger partial charge in [-0.2, -0.15) is 0 Å². The number of hydrogen-bond acceptors (Lipinski definition) is 5. The zero-order chi connectivity index (χ0) is 22.1. The van der Waals surface area contributed by atoms with E-state index in [1.165, 1.54) is 18.6 Å². The fourth-order valence-electron chi connectivity index (χ4n) is 4.20. The van der Waals surface area contributed by atoms with Gasteiger partial charge in [-0.1, -0.05) is 0 Å². The molecule has 4 aromatic rings. The van der Waals surface area contributed by atoms with Gasteiger partial charge >= 0.3 is 0 Å². The number of hydrogen-bond donors (Lipinski definition) is 0. The summed E-state index contributed by atoms with van der Waals surface area (Å²) in [5, 5.41) is 0.790. The molecule has 2 aromatic heterocycles. The van der Waals surface area contributed by atoms with Crippen LogP contribution in [0.2, 0.25) is 0 Å². The van der Waals surface area contributed by atoms with E-state index in [1.54, 1.807) is 25.6 Å². The Morgan fingerprint density at radius 2 is 1.62 bits per heavy atom. The minimum atomic E-state index is -0.626. The highest BCUT2D eigenvalue weighted by atomic mass is 19.1. The van der Waals surface area contributed by atoms with E-state index in [2.05, 4.69) is 9.88 Å². The van der Waals surface area contributed by atoms with Crippen molar-refractivity contribution < 1.29 is 13.5 Å². The number of methoxy groups -OCH3 is 1. The molecule has 0 amide bonds. The van der Waals surface area contributed by atoms with Crippen LogP contribution in [0.4, 0.5) is 14.6 Å². The number of pyridine rings is 1. The molecular formula is C25H22F2N4O. The fraction of sp³-hybridized carbons (Fsp3) is 0.240. The van der Waals surface area contributed by atoms with Gasteiger partial charge in [-0.05, 0) is 66.8 Å². The van der Waals surface area contributed by atoms with Crippen LogP contribution < -0.4 is 9.64 Å². The fourth-order valence-corrected chi connectivity index (χ4v) is 4.20. The second-order valence-electron chi connectivity index (χ2n) is 7.89. The molecule has 0 unspecified atom stereocenters. The summed E-state index contributed by atoms with van der Waals surface area (Å²) in [6.07, 6.45) is 6.80. The van der Waals surface area contributed by atoms with Gasteiger partial charge in [0.05, 0.1) is 7.11 Å². The molecule has 162 valence electrons. The third-order valence-corrected chi connectivity index (χ3v) is 5.74. The smallest absolute Gasteiger partial charge is 0.163 e. The molecular weight excluding hydrogens is 410 g/mol. The zero-order valence-corrected chi connectivity index (χ0v) is 17.7. The zero-order valence-electron chi connectivity index (χ0n) is 17.7. The lowest BCUT2D eigenvalue weighted by molar-refractivity contribution is 0.419. The van der Waals surface area contributed by atoms with Crippen molar-refractivity contribution in [3.63, 3.8) is 0 Å². The normalized spacial score (nSPS) is 14.0. The maximum Gasteiger partial charge on any atom is 0.163 e. The molecule has 3 heterocycles. The largest absolute Gasteiger partial charge is 0.494 e. The first-order chi connectivity index (χ1) is 15.6. The summed E-state index contributed by atoms with van der Waals surface area (Å²) in [4.78, 5) is 16.2. The highest BCUT2D eigenvalue weighted by Gasteiger charge is 2.21. The van der Waals surface area contributed by atoms with Gasteiger partial charge in [-0.15, -0.1) is 0 Å². The van der Waals surface area contributed by atoms with Crippen LogP contribution in [0.3, 0.4) is 0 Å². The first-order valence-corrected chi connectivity index (χ1v) is 10.6. The molecule has 1 fully saturated rings. The number of benzene rings is 2. The molecule has 5 rings (SSSR count). The van der Waals surface area contributed by atoms with Gasteiger partial charge < -0.3 is 9.64 Å². The van der Waals surface area contributed by atoms with Crippen LogP contribution >= 0.6 is 0 Å². The number of rotatable bonds is 4. The molecule has 0 radical (unpaired) electrons. The van der Waals surface area contributed by atoms with Gasteiger partial charge in [-0.3, -0.25) is 4.98 Å². The van der Waals surface area contributed by atoms with Crippen LogP contribution in [0, 0.1) is 11.6 Å². The molecule has 0 aliphatic carbocycles. The highest BCUT2D eigenvalue weighted by Crippen LogP contribution is 2.38. The molecule has 7 heteroatoms. The van der Waals surface area contributed by atoms with E-state index in [0.717, 1.165) is 48.8 Å². The van der Waals surface area contributed by atoms with Gasteiger partial charge in [0.2, 0.25) is 0 Å². The van der Waals surface area contributed by atoms with Gasteiger partial charge in [0, 0.05) is 42.5 Å². The third-order valence-electron chi connectivity index (χ3n) is 5.74. The van der Waals surface area contributed by atoms with Gasteiger partial charge in [-0.25, -0.2) is 18.7 Å². The Morgan fingerprint density at radius 3 is 2.31 bits per heavy atom. The molecule has 0 spiro atoms. The predicted molar refractivity (Wildman–Crippen MR) is 121 cm³/mol. The van der Waals surface area contributed by atoms with E-state index in [0.29, 0.717) is 28.2 Å². The second kappa shape index (κ2) is 8.49. The van der Waals surface area contributed by atoms with E-state index in [1.807, 2.05) is 18.2 Å². The monoisotopic (exact) mass is 432 g/mol. The second-order valence-corrected chi connectivity index (χ2v) is 7.89. The SMILES string of the molecule is COc1cc(-c2cc(F)cc(F)c2)cc2c(N3CCCCC3)nc(-c3cccnc3)nc12. The van der Waals surface area contributed by atoms with E-state index in [-0.39, 0.29) is 0 Å². The maximum atomic E-state index is 13.9. The third kappa shape index (κ3) is 3.86. The predicted octanol–water partition coefficient (Wildman–Crippen LogP) is 5.64. The van der Waals surface area contributed by atoms with Crippen LogP contribution in [-0.4, -0.2) is 35.2 Å². The summed E-state index contributed by atoms with van der Waals surface area (Å²) >= 11 is 0. The summed E-state index contributed by atoms with van der Waals surface area (Å²) < 4.78 is 33.5. The summed E-state index contributed by atoms with van der Waals surface area (Å²) in [6, 6.07) is 10.9. The average Bonchev–Trinajstić information content (AvgIpc) is 2.83. The van der Waals surface area contributed by atoms with Crippen LogP contribution in [0.1, 0.15) is 19.3 Å². The van der Waals surface area contributed by atoms with E-state index < -0.39 is 11.6 Å². The highest BCUT2D eigenvalue weighted by molar-refractivity contribution is 5.98. The number of fused-ring (bicyclic) bond motifs is 1. The Balaban J connectivity index is 1.77.